The number of nitrogens with two attached hydrogens (primary N) is 1. The number of hydrogen-bond acceptors (Lipinski definition) is 4. The largest absolute Gasteiger partial charge is 0.371 e. The van der Waals surface area contributed by atoms with Crippen molar-refractivity contribution in [3.05, 3.63) is 27.7 Å². The molecule has 88 valence electrons. The van der Waals surface area contributed by atoms with E-state index >= 15 is 0 Å². The van der Waals surface area contributed by atoms with Gasteiger partial charge in [-0.15, -0.1) is 23.7 Å². The van der Waals surface area contributed by atoms with Gasteiger partial charge in [0.15, 0.2) is 0 Å². The number of H-pyrrole nitrogens is 1. The van der Waals surface area contributed by atoms with Gasteiger partial charge in [-0.3, -0.25) is 4.79 Å². The molecule has 2 aromatic rings. The molecular formula is C10H14ClN3OS. The van der Waals surface area contributed by atoms with Gasteiger partial charge in [-0.2, -0.15) is 0 Å². The van der Waals surface area contributed by atoms with Crippen molar-refractivity contribution < 1.29 is 0 Å². The normalized spacial score (nSPS) is 10.1. The summed E-state index contributed by atoms with van der Waals surface area (Å²) in [7, 11) is 0. The minimum absolute atomic E-state index is 0. The number of anilines is 1. The molecule has 2 rings (SSSR count). The molecule has 0 aliphatic carbocycles. The average Bonchev–Trinajstić information content (AvgIpc) is 2.66. The van der Waals surface area contributed by atoms with Crippen LogP contribution in [0.1, 0.15) is 6.42 Å². The molecule has 0 aliphatic rings. The van der Waals surface area contributed by atoms with Crippen LogP contribution in [0.15, 0.2) is 22.3 Å². The Labute approximate surface area is 103 Å². The second kappa shape index (κ2) is 5.89. The standard InChI is InChI=1S/C10H13N3OS.ClH/c11-3-1-4-12-9-6-8(14)10-7(13-9)2-5-15-10;/h2,5-6H,1,3-4,11H2,(H2,12,13,14);1H. The lowest BCUT2D eigenvalue weighted by atomic mass is 10.3. The molecule has 6 heteroatoms. The third-order valence-electron chi connectivity index (χ3n) is 2.13. The summed E-state index contributed by atoms with van der Waals surface area (Å²) in [5, 5.41) is 5.05. The first-order chi connectivity index (χ1) is 7.31. The minimum atomic E-state index is 0. The molecule has 0 fully saturated rings. The number of nitrogens with one attached hydrogen (secondary N) is 2. The number of pyridine rings is 1. The van der Waals surface area contributed by atoms with Gasteiger partial charge >= 0.3 is 0 Å². The van der Waals surface area contributed by atoms with Crippen molar-refractivity contribution in [3.63, 3.8) is 0 Å². The smallest absolute Gasteiger partial charge is 0.201 e. The van der Waals surface area contributed by atoms with Gasteiger partial charge in [-0.25, -0.2) is 0 Å². The first-order valence-electron chi connectivity index (χ1n) is 4.86. The van der Waals surface area contributed by atoms with E-state index in [1.54, 1.807) is 6.07 Å². The van der Waals surface area contributed by atoms with E-state index in [1.165, 1.54) is 11.3 Å². The van der Waals surface area contributed by atoms with Crippen LogP contribution >= 0.6 is 23.7 Å². The van der Waals surface area contributed by atoms with Crippen LogP contribution in [0.4, 0.5) is 5.82 Å². The molecule has 0 unspecified atom stereocenters. The van der Waals surface area contributed by atoms with Crippen LogP contribution in [-0.2, 0) is 0 Å². The molecule has 2 heterocycles. The quantitative estimate of drug-likeness (QED) is 0.733. The summed E-state index contributed by atoms with van der Waals surface area (Å²) in [6.07, 6.45) is 0.893. The van der Waals surface area contributed by atoms with Gasteiger partial charge in [0.2, 0.25) is 5.43 Å². The van der Waals surface area contributed by atoms with E-state index in [1.807, 2.05) is 11.4 Å². The number of rotatable bonds is 4. The van der Waals surface area contributed by atoms with E-state index in [9.17, 15) is 4.79 Å². The zero-order valence-corrected chi connectivity index (χ0v) is 10.3. The van der Waals surface area contributed by atoms with Crippen molar-refractivity contribution in [1.29, 1.82) is 0 Å². The van der Waals surface area contributed by atoms with Gasteiger partial charge in [0, 0.05) is 12.6 Å². The van der Waals surface area contributed by atoms with E-state index in [0.29, 0.717) is 6.54 Å². The second-order valence-electron chi connectivity index (χ2n) is 3.28. The summed E-state index contributed by atoms with van der Waals surface area (Å²) in [4.78, 5) is 14.8. The molecule has 4 N–H and O–H groups in total. The lowest BCUT2D eigenvalue weighted by Crippen LogP contribution is -2.11. The van der Waals surface area contributed by atoms with Crippen molar-refractivity contribution in [3.8, 4) is 0 Å². The Balaban J connectivity index is 0.00000128. The Morgan fingerprint density at radius 3 is 3.06 bits per heavy atom. The fourth-order valence-corrected chi connectivity index (χ4v) is 2.16. The Morgan fingerprint density at radius 1 is 1.50 bits per heavy atom. The van der Waals surface area contributed by atoms with Gasteiger partial charge < -0.3 is 16.0 Å². The summed E-state index contributed by atoms with van der Waals surface area (Å²) in [5.41, 5.74) is 6.34. The van der Waals surface area contributed by atoms with E-state index in [4.69, 9.17) is 5.73 Å². The predicted molar refractivity (Wildman–Crippen MR) is 71.9 cm³/mol. The average molecular weight is 260 g/mol. The van der Waals surface area contributed by atoms with Gasteiger partial charge in [0.1, 0.15) is 5.82 Å². The van der Waals surface area contributed by atoms with Crippen molar-refractivity contribution in [2.75, 3.05) is 18.4 Å². The highest BCUT2D eigenvalue weighted by Crippen LogP contribution is 2.16. The number of fused-ring (bicyclic) bond motifs is 1. The summed E-state index contributed by atoms with van der Waals surface area (Å²) in [6, 6.07) is 3.50. The molecule has 4 nitrogen and oxygen atoms in total. The van der Waals surface area contributed by atoms with Crippen LogP contribution < -0.4 is 16.5 Å². The van der Waals surface area contributed by atoms with Crippen LogP contribution in [0.25, 0.3) is 10.2 Å². The topological polar surface area (TPSA) is 70.9 Å². The number of hydrogen-bond donors (Lipinski definition) is 3. The molecular weight excluding hydrogens is 246 g/mol. The molecule has 0 aliphatic heterocycles. The Hall–Kier alpha value is -1.04. The lowest BCUT2D eigenvalue weighted by molar-refractivity contribution is 0.871. The maximum Gasteiger partial charge on any atom is 0.201 e. The SMILES string of the molecule is Cl.NCCCNc1cc(=O)c2sccc2[nH]1. The van der Waals surface area contributed by atoms with Crippen molar-refractivity contribution in [2.24, 2.45) is 5.73 Å². The lowest BCUT2D eigenvalue weighted by Gasteiger charge is -2.04. The molecule has 0 atom stereocenters. The van der Waals surface area contributed by atoms with Crippen molar-refractivity contribution in [2.45, 2.75) is 6.42 Å². The van der Waals surface area contributed by atoms with Gasteiger partial charge in [0.25, 0.3) is 0 Å². The zero-order valence-electron chi connectivity index (χ0n) is 8.66. The molecule has 0 saturated heterocycles. The van der Waals surface area contributed by atoms with E-state index in [2.05, 4.69) is 10.3 Å². The van der Waals surface area contributed by atoms with E-state index in [0.717, 1.165) is 29.0 Å². The molecule has 0 aromatic carbocycles. The van der Waals surface area contributed by atoms with Gasteiger partial charge in [-0.1, -0.05) is 0 Å². The second-order valence-corrected chi connectivity index (χ2v) is 4.20. The summed E-state index contributed by atoms with van der Waals surface area (Å²) in [6.45, 7) is 1.43. The first-order valence-corrected chi connectivity index (χ1v) is 5.73. The highest BCUT2D eigenvalue weighted by atomic mass is 35.5. The maximum absolute atomic E-state index is 11.6. The number of aromatic amines is 1. The molecule has 2 aromatic heterocycles. The molecule has 0 radical (unpaired) electrons. The van der Waals surface area contributed by atoms with Gasteiger partial charge in [0.05, 0.1) is 10.2 Å². The highest BCUT2D eigenvalue weighted by molar-refractivity contribution is 7.17. The number of aromatic nitrogens is 1. The highest BCUT2D eigenvalue weighted by Gasteiger charge is 2.01. The first kappa shape index (κ1) is 13.0. The zero-order chi connectivity index (χ0) is 10.7. The van der Waals surface area contributed by atoms with Crippen LogP contribution in [0.3, 0.4) is 0 Å². The van der Waals surface area contributed by atoms with Crippen molar-refractivity contribution >= 4 is 39.8 Å². The summed E-state index contributed by atoms with van der Waals surface area (Å²) >= 11 is 1.46. The Morgan fingerprint density at radius 2 is 2.31 bits per heavy atom. The third kappa shape index (κ3) is 2.75. The van der Waals surface area contributed by atoms with E-state index in [-0.39, 0.29) is 17.8 Å². The monoisotopic (exact) mass is 259 g/mol. The molecule has 0 saturated carbocycles. The number of thiophene rings is 1. The van der Waals surface area contributed by atoms with Crippen LogP contribution in [0.5, 0.6) is 0 Å². The molecule has 0 spiro atoms. The fourth-order valence-electron chi connectivity index (χ4n) is 1.40. The fraction of sp³-hybridized carbons (Fsp3) is 0.300. The molecule has 0 amide bonds. The Kier molecular flexibility index (Phi) is 4.79. The molecule has 0 bridgehead atoms. The maximum atomic E-state index is 11.6. The predicted octanol–water partition coefficient (Wildman–Crippen LogP) is 1.77. The van der Waals surface area contributed by atoms with E-state index < -0.39 is 0 Å². The van der Waals surface area contributed by atoms with Crippen molar-refractivity contribution in [1.82, 2.24) is 4.98 Å². The minimum Gasteiger partial charge on any atom is -0.371 e. The van der Waals surface area contributed by atoms with Gasteiger partial charge in [-0.05, 0) is 24.4 Å². The molecule has 16 heavy (non-hydrogen) atoms. The van der Waals surface area contributed by atoms with Crippen LogP contribution in [0.2, 0.25) is 0 Å². The number of halogens is 1. The summed E-state index contributed by atoms with van der Waals surface area (Å²) < 4.78 is 0.777. The summed E-state index contributed by atoms with van der Waals surface area (Å²) in [5.74, 6) is 0.763. The van der Waals surface area contributed by atoms with Crippen LogP contribution in [-0.4, -0.2) is 18.1 Å². The third-order valence-corrected chi connectivity index (χ3v) is 3.06. The van der Waals surface area contributed by atoms with Crippen LogP contribution in [0, 0.1) is 0 Å². The Bertz CT molecular complexity index is 508.